The maximum Gasteiger partial charge on any atom is 0.240 e. The van der Waals surface area contributed by atoms with Crippen LogP contribution in [0.4, 0.5) is 4.39 Å². The van der Waals surface area contributed by atoms with Gasteiger partial charge in [-0.05, 0) is 38.0 Å². The lowest BCUT2D eigenvalue weighted by molar-refractivity contribution is 0.543. The molecule has 1 unspecified atom stereocenters. The van der Waals surface area contributed by atoms with Crippen LogP contribution >= 0.6 is 11.6 Å². The van der Waals surface area contributed by atoms with Gasteiger partial charge in [0.05, 0.1) is 4.90 Å². The zero-order valence-corrected chi connectivity index (χ0v) is 11.1. The standard InChI is InChI=1S/C11H15ClFNO2S/c1-9(4-3-7-12)14-17(15,16)11-6-2-5-10(13)8-11/h2,5-6,8-9,14H,3-4,7H2,1H3. The Bertz CT molecular complexity index is 464. The Morgan fingerprint density at radius 3 is 2.76 bits per heavy atom. The third-order valence-electron chi connectivity index (χ3n) is 2.23. The molecule has 1 rings (SSSR count). The highest BCUT2D eigenvalue weighted by Gasteiger charge is 2.17. The molecule has 0 amide bonds. The highest BCUT2D eigenvalue weighted by atomic mass is 35.5. The molecule has 0 aliphatic rings. The first kappa shape index (κ1) is 14.4. The Hall–Kier alpha value is -0.650. The molecule has 1 aromatic rings. The van der Waals surface area contributed by atoms with Crippen LogP contribution in [0.15, 0.2) is 29.2 Å². The minimum absolute atomic E-state index is 0.0600. The smallest absolute Gasteiger partial charge is 0.208 e. The van der Waals surface area contributed by atoms with E-state index in [0.29, 0.717) is 12.3 Å². The van der Waals surface area contributed by atoms with Gasteiger partial charge in [0.2, 0.25) is 10.0 Å². The van der Waals surface area contributed by atoms with Crippen molar-refractivity contribution in [1.29, 1.82) is 0 Å². The Kier molecular flexibility index (Phi) is 5.36. The Balaban J connectivity index is 2.75. The number of rotatable bonds is 6. The topological polar surface area (TPSA) is 46.2 Å². The average Bonchev–Trinajstić information content (AvgIpc) is 2.26. The van der Waals surface area contributed by atoms with Crippen molar-refractivity contribution in [2.75, 3.05) is 5.88 Å². The van der Waals surface area contributed by atoms with Gasteiger partial charge in [0.1, 0.15) is 5.82 Å². The molecule has 0 radical (unpaired) electrons. The number of benzene rings is 1. The van der Waals surface area contributed by atoms with Crippen LogP contribution in [-0.2, 0) is 10.0 Å². The zero-order chi connectivity index (χ0) is 12.9. The fraction of sp³-hybridized carbons (Fsp3) is 0.455. The van der Waals surface area contributed by atoms with E-state index < -0.39 is 15.8 Å². The average molecular weight is 280 g/mol. The predicted molar refractivity (Wildman–Crippen MR) is 66.1 cm³/mol. The first-order chi connectivity index (χ1) is 7.95. The van der Waals surface area contributed by atoms with E-state index in [1.165, 1.54) is 18.2 Å². The van der Waals surface area contributed by atoms with Crippen LogP contribution in [0.2, 0.25) is 0 Å². The molecule has 17 heavy (non-hydrogen) atoms. The van der Waals surface area contributed by atoms with E-state index in [9.17, 15) is 12.8 Å². The molecular weight excluding hydrogens is 265 g/mol. The van der Waals surface area contributed by atoms with Crippen LogP contribution in [0.5, 0.6) is 0 Å². The van der Waals surface area contributed by atoms with Gasteiger partial charge in [-0.25, -0.2) is 17.5 Å². The molecule has 0 aromatic heterocycles. The second kappa shape index (κ2) is 6.33. The molecule has 0 aliphatic heterocycles. The molecule has 0 saturated carbocycles. The number of hydrogen-bond donors (Lipinski definition) is 1. The van der Waals surface area contributed by atoms with Crippen molar-refractivity contribution in [3.05, 3.63) is 30.1 Å². The summed E-state index contributed by atoms with van der Waals surface area (Å²) < 4.78 is 39.1. The summed E-state index contributed by atoms with van der Waals surface area (Å²) in [4.78, 5) is -0.0600. The summed E-state index contributed by atoms with van der Waals surface area (Å²) in [7, 11) is -3.65. The lowest BCUT2D eigenvalue weighted by Crippen LogP contribution is -2.32. The van der Waals surface area contributed by atoms with Crippen LogP contribution in [0.1, 0.15) is 19.8 Å². The number of hydrogen-bond acceptors (Lipinski definition) is 2. The molecule has 0 aliphatic carbocycles. The first-order valence-corrected chi connectivity index (χ1v) is 7.31. The highest BCUT2D eigenvalue weighted by molar-refractivity contribution is 7.89. The maximum atomic E-state index is 12.9. The summed E-state index contributed by atoms with van der Waals surface area (Å²) in [5.74, 6) is -0.0762. The van der Waals surface area contributed by atoms with Gasteiger partial charge in [-0.3, -0.25) is 0 Å². The minimum atomic E-state index is -3.65. The van der Waals surface area contributed by atoms with Crippen LogP contribution in [0.25, 0.3) is 0 Å². The van der Waals surface area contributed by atoms with Crippen molar-refractivity contribution in [3.63, 3.8) is 0 Å². The number of nitrogens with one attached hydrogen (secondary N) is 1. The lowest BCUT2D eigenvalue weighted by Gasteiger charge is -2.13. The summed E-state index contributed by atoms with van der Waals surface area (Å²) in [6, 6.07) is 4.71. The number of halogens is 2. The second-order valence-electron chi connectivity index (χ2n) is 3.81. The van der Waals surface area contributed by atoms with Crippen molar-refractivity contribution in [2.24, 2.45) is 0 Å². The van der Waals surface area contributed by atoms with E-state index in [0.717, 1.165) is 12.5 Å². The molecule has 0 spiro atoms. The molecule has 0 heterocycles. The van der Waals surface area contributed by atoms with Crippen molar-refractivity contribution >= 4 is 21.6 Å². The molecule has 0 fully saturated rings. The van der Waals surface area contributed by atoms with Crippen LogP contribution < -0.4 is 4.72 Å². The van der Waals surface area contributed by atoms with Gasteiger partial charge < -0.3 is 0 Å². The number of sulfonamides is 1. The van der Waals surface area contributed by atoms with Crippen molar-refractivity contribution in [2.45, 2.75) is 30.7 Å². The van der Waals surface area contributed by atoms with Crippen molar-refractivity contribution in [3.8, 4) is 0 Å². The molecule has 1 atom stereocenters. The summed E-state index contributed by atoms with van der Waals surface area (Å²) >= 11 is 5.53. The van der Waals surface area contributed by atoms with Crippen LogP contribution in [0.3, 0.4) is 0 Å². The fourth-order valence-corrected chi connectivity index (χ4v) is 2.87. The van der Waals surface area contributed by atoms with E-state index in [1.54, 1.807) is 6.92 Å². The maximum absolute atomic E-state index is 12.9. The summed E-state index contributed by atoms with van der Waals surface area (Å²) in [6.07, 6.45) is 1.38. The van der Waals surface area contributed by atoms with E-state index >= 15 is 0 Å². The minimum Gasteiger partial charge on any atom is -0.208 e. The first-order valence-electron chi connectivity index (χ1n) is 5.29. The SMILES string of the molecule is CC(CCCCl)NS(=O)(=O)c1cccc(F)c1. The normalized spacial score (nSPS) is 13.6. The third-order valence-corrected chi connectivity index (χ3v) is 4.09. The molecule has 3 nitrogen and oxygen atoms in total. The molecule has 96 valence electrons. The monoisotopic (exact) mass is 279 g/mol. The zero-order valence-electron chi connectivity index (χ0n) is 9.49. The summed E-state index contributed by atoms with van der Waals surface area (Å²) in [5.41, 5.74) is 0. The van der Waals surface area contributed by atoms with Gasteiger partial charge in [-0.2, -0.15) is 0 Å². The largest absolute Gasteiger partial charge is 0.240 e. The Morgan fingerprint density at radius 1 is 1.47 bits per heavy atom. The molecule has 0 saturated heterocycles. The van der Waals surface area contributed by atoms with Crippen molar-refractivity contribution < 1.29 is 12.8 Å². The fourth-order valence-electron chi connectivity index (χ4n) is 1.41. The highest BCUT2D eigenvalue weighted by Crippen LogP contribution is 2.12. The summed E-state index contributed by atoms with van der Waals surface area (Å²) in [5, 5.41) is 0. The molecule has 0 bridgehead atoms. The second-order valence-corrected chi connectivity index (χ2v) is 5.90. The molecule has 1 aromatic carbocycles. The van der Waals surface area contributed by atoms with Crippen LogP contribution in [0, 0.1) is 5.82 Å². The quantitative estimate of drug-likeness (QED) is 0.814. The van der Waals surface area contributed by atoms with Gasteiger partial charge >= 0.3 is 0 Å². The van der Waals surface area contributed by atoms with Crippen LogP contribution in [-0.4, -0.2) is 20.3 Å². The summed E-state index contributed by atoms with van der Waals surface area (Å²) in [6.45, 7) is 1.75. The third kappa shape index (κ3) is 4.61. The van der Waals surface area contributed by atoms with Crippen molar-refractivity contribution in [1.82, 2.24) is 4.72 Å². The van der Waals surface area contributed by atoms with E-state index in [1.807, 2.05) is 0 Å². The van der Waals surface area contributed by atoms with Gasteiger partial charge in [0.25, 0.3) is 0 Å². The van der Waals surface area contributed by atoms with Gasteiger partial charge in [0, 0.05) is 11.9 Å². The molecule has 1 N–H and O–H groups in total. The van der Waals surface area contributed by atoms with E-state index in [2.05, 4.69) is 4.72 Å². The lowest BCUT2D eigenvalue weighted by atomic mass is 10.2. The number of alkyl halides is 1. The van der Waals surface area contributed by atoms with E-state index in [4.69, 9.17) is 11.6 Å². The molecule has 6 heteroatoms. The van der Waals surface area contributed by atoms with Gasteiger partial charge in [-0.1, -0.05) is 6.07 Å². The van der Waals surface area contributed by atoms with Gasteiger partial charge in [-0.15, -0.1) is 11.6 Å². The molecular formula is C11H15ClFNO2S. The predicted octanol–water partition coefficient (Wildman–Crippen LogP) is 2.51. The van der Waals surface area contributed by atoms with E-state index in [-0.39, 0.29) is 10.9 Å². The Labute approximate surface area is 106 Å². The Morgan fingerprint density at radius 2 is 2.18 bits per heavy atom. The van der Waals surface area contributed by atoms with Gasteiger partial charge in [0.15, 0.2) is 0 Å².